The van der Waals surface area contributed by atoms with Crippen molar-refractivity contribution in [3.05, 3.63) is 22.2 Å². The molecule has 1 rings (SSSR count). The second kappa shape index (κ2) is 6.25. The smallest absolute Gasteiger partial charge is 0.434 e. The number of carbonyl (C=O) groups excluding carboxylic acids is 1. The Kier molecular flexibility index (Phi) is 5.15. The van der Waals surface area contributed by atoms with Gasteiger partial charge in [-0.2, -0.15) is 13.2 Å². The van der Waals surface area contributed by atoms with Gasteiger partial charge in [-0.1, -0.05) is 6.08 Å². The van der Waals surface area contributed by atoms with Crippen LogP contribution in [0.15, 0.2) is 11.5 Å². The summed E-state index contributed by atoms with van der Waals surface area (Å²) >= 11 is 0.883. The Bertz CT molecular complexity index is 490. The highest BCUT2D eigenvalue weighted by molar-refractivity contribution is 7.10. The number of hydrogen-bond acceptors (Lipinski definition) is 4. The first-order chi connectivity index (χ1) is 9.08. The van der Waals surface area contributed by atoms with Crippen LogP contribution in [-0.4, -0.2) is 23.2 Å². The standard InChI is InChI=1S/C12H15F3N2O2S/c1-11(2,3)19-10(18)16-6-4-5-9-17-8(7-20-9)12(13,14)15/h4-5,7H,6H2,1-3H3,(H,16,18). The summed E-state index contributed by atoms with van der Waals surface area (Å²) in [6, 6.07) is 0. The summed E-state index contributed by atoms with van der Waals surface area (Å²) < 4.78 is 41.9. The van der Waals surface area contributed by atoms with E-state index in [1.807, 2.05) is 0 Å². The number of hydrogen-bond donors (Lipinski definition) is 1. The Morgan fingerprint density at radius 1 is 1.45 bits per heavy atom. The number of nitrogens with zero attached hydrogens (tertiary/aromatic N) is 1. The molecule has 0 aliphatic rings. The summed E-state index contributed by atoms with van der Waals surface area (Å²) in [5, 5.41) is 3.62. The van der Waals surface area contributed by atoms with Gasteiger partial charge in [0.15, 0.2) is 5.69 Å². The lowest BCUT2D eigenvalue weighted by atomic mass is 10.2. The summed E-state index contributed by atoms with van der Waals surface area (Å²) in [6.07, 6.45) is -2.10. The van der Waals surface area contributed by atoms with Crippen molar-refractivity contribution >= 4 is 23.5 Å². The predicted molar refractivity (Wildman–Crippen MR) is 70.4 cm³/mol. The zero-order valence-corrected chi connectivity index (χ0v) is 12.1. The number of amides is 1. The van der Waals surface area contributed by atoms with Crippen LogP contribution in [0.2, 0.25) is 0 Å². The van der Waals surface area contributed by atoms with Crippen molar-refractivity contribution in [3.8, 4) is 0 Å². The molecule has 0 aliphatic carbocycles. The number of alkyl carbamates (subject to hydrolysis) is 1. The molecule has 1 N–H and O–H groups in total. The van der Waals surface area contributed by atoms with Gasteiger partial charge in [-0.3, -0.25) is 0 Å². The zero-order chi connectivity index (χ0) is 15.4. The van der Waals surface area contributed by atoms with Gasteiger partial charge in [-0.15, -0.1) is 11.3 Å². The summed E-state index contributed by atoms with van der Waals surface area (Å²) in [4.78, 5) is 14.7. The summed E-state index contributed by atoms with van der Waals surface area (Å²) in [6.45, 7) is 5.35. The van der Waals surface area contributed by atoms with E-state index in [0.29, 0.717) is 0 Å². The lowest BCUT2D eigenvalue weighted by Crippen LogP contribution is -2.32. The van der Waals surface area contributed by atoms with Gasteiger partial charge in [0, 0.05) is 11.9 Å². The van der Waals surface area contributed by atoms with E-state index in [1.165, 1.54) is 12.2 Å². The van der Waals surface area contributed by atoms with Crippen LogP contribution >= 0.6 is 11.3 Å². The largest absolute Gasteiger partial charge is 0.444 e. The van der Waals surface area contributed by atoms with Crippen LogP contribution in [-0.2, 0) is 10.9 Å². The maximum Gasteiger partial charge on any atom is 0.434 e. The molecule has 1 aromatic heterocycles. The molecule has 1 amide bonds. The molecule has 1 aromatic rings. The van der Waals surface area contributed by atoms with Crippen LogP contribution in [0.3, 0.4) is 0 Å². The first-order valence-electron chi connectivity index (χ1n) is 5.74. The molecule has 112 valence electrons. The molecule has 0 fully saturated rings. The molecule has 0 aliphatic heterocycles. The molecular weight excluding hydrogens is 293 g/mol. The van der Waals surface area contributed by atoms with Crippen molar-refractivity contribution in [1.82, 2.24) is 10.3 Å². The SMILES string of the molecule is CC(C)(C)OC(=O)NCC=Cc1nc(C(F)(F)F)cs1. The maximum absolute atomic E-state index is 12.3. The summed E-state index contributed by atoms with van der Waals surface area (Å²) in [5.41, 5.74) is -1.51. The van der Waals surface area contributed by atoms with Crippen molar-refractivity contribution in [1.29, 1.82) is 0 Å². The van der Waals surface area contributed by atoms with E-state index in [0.717, 1.165) is 16.7 Å². The molecule has 0 bridgehead atoms. The topological polar surface area (TPSA) is 51.2 Å². The van der Waals surface area contributed by atoms with Gasteiger partial charge >= 0.3 is 12.3 Å². The maximum atomic E-state index is 12.3. The number of aromatic nitrogens is 1. The molecule has 0 atom stereocenters. The van der Waals surface area contributed by atoms with Gasteiger partial charge < -0.3 is 10.1 Å². The number of carbonyl (C=O) groups is 1. The van der Waals surface area contributed by atoms with E-state index in [9.17, 15) is 18.0 Å². The van der Waals surface area contributed by atoms with Crippen LogP contribution in [0.25, 0.3) is 6.08 Å². The number of alkyl halides is 3. The van der Waals surface area contributed by atoms with Gasteiger partial charge in [0.1, 0.15) is 10.6 Å². The average Bonchev–Trinajstić information content (AvgIpc) is 2.70. The van der Waals surface area contributed by atoms with E-state index >= 15 is 0 Å². The Balaban J connectivity index is 2.42. The van der Waals surface area contributed by atoms with Gasteiger partial charge in [-0.05, 0) is 26.8 Å². The van der Waals surface area contributed by atoms with Crippen molar-refractivity contribution < 1.29 is 22.7 Å². The minimum atomic E-state index is -4.43. The van der Waals surface area contributed by atoms with Crippen LogP contribution < -0.4 is 5.32 Å². The normalized spacial score (nSPS) is 12.7. The molecule has 4 nitrogen and oxygen atoms in total. The summed E-state index contributed by atoms with van der Waals surface area (Å²) in [7, 11) is 0. The quantitative estimate of drug-likeness (QED) is 0.926. The zero-order valence-electron chi connectivity index (χ0n) is 11.2. The Morgan fingerprint density at radius 2 is 2.10 bits per heavy atom. The minimum absolute atomic E-state index is 0.149. The number of halogens is 3. The van der Waals surface area contributed by atoms with Crippen molar-refractivity contribution in [2.24, 2.45) is 0 Å². The van der Waals surface area contributed by atoms with E-state index < -0.39 is 23.6 Å². The molecular formula is C12H15F3N2O2S. The molecule has 0 unspecified atom stereocenters. The Morgan fingerprint density at radius 3 is 2.60 bits per heavy atom. The number of ether oxygens (including phenoxy) is 1. The molecule has 0 spiro atoms. The summed E-state index contributed by atoms with van der Waals surface area (Å²) in [5.74, 6) is 0. The molecule has 8 heteroatoms. The number of thiazole rings is 1. The third-order valence-corrected chi connectivity index (χ3v) is 2.65. The second-order valence-electron chi connectivity index (χ2n) is 4.85. The highest BCUT2D eigenvalue weighted by atomic mass is 32.1. The molecule has 1 heterocycles. The highest BCUT2D eigenvalue weighted by Gasteiger charge is 2.33. The average molecular weight is 308 g/mol. The van der Waals surface area contributed by atoms with Crippen molar-refractivity contribution in [3.63, 3.8) is 0 Å². The molecule has 0 radical (unpaired) electrons. The predicted octanol–water partition coefficient (Wildman–Crippen LogP) is 3.70. The Labute approximate surface area is 118 Å². The van der Waals surface area contributed by atoms with E-state index in [2.05, 4.69) is 10.3 Å². The van der Waals surface area contributed by atoms with Crippen molar-refractivity contribution in [2.45, 2.75) is 32.5 Å². The fraction of sp³-hybridized carbons (Fsp3) is 0.500. The molecule has 0 saturated carbocycles. The monoisotopic (exact) mass is 308 g/mol. The van der Waals surface area contributed by atoms with Crippen LogP contribution in [0.4, 0.5) is 18.0 Å². The van der Waals surface area contributed by atoms with Gasteiger partial charge in [0.05, 0.1) is 0 Å². The van der Waals surface area contributed by atoms with Crippen LogP contribution in [0.5, 0.6) is 0 Å². The first-order valence-corrected chi connectivity index (χ1v) is 6.62. The molecule has 0 aromatic carbocycles. The third-order valence-electron chi connectivity index (χ3n) is 1.84. The van der Waals surface area contributed by atoms with Gasteiger partial charge in [0.2, 0.25) is 0 Å². The number of nitrogens with one attached hydrogen (secondary N) is 1. The van der Waals surface area contributed by atoms with Crippen LogP contribution in [0, 0.1) is 0 Å². The fourth-order valence-corrected chi connectivity index (χ4v) is 1.86. The van der Waals surface area contributed by atoms with E-state index in [4.69, 9.17) is 4.74 Å². The molecule has 0 saturated heterocycles. The van der Waals surface area contributed by atoms with Gasteiger partial charge in [0.25, 0.3) is 0 Å². The van der Waals surface area contributed by atoms with Crippen molar-refractivity contribution in [2.75, 3.05) is 6.54 Å². The molecule has 20 heavy (non-hydrogen) atoms. The number of rotatable bonds is 3. The van der Waals surface area contributed by atoms with E-state index in [-0.39, 0.29) is 11.6 Å². The van der Waals surface area contributed by atoms with Gasteiger partial charge in [-0.25, -0.2) is 9.78 Å². The van der Waals surface area contributed by atoms with E-state index in [1.54, 1.807) is 20.8 Å². The fourth-order valence-electron chi connectivity index (χ4n) is 1.11. The Hall–Kier alpha value is -1.57. The lowest BCUT2D eigenvalue weighted by Gasteiger charge is -2.19. The highest BCUT2D eigenvalue weighted by Crippen LogP contribution is 2.30. The van der Waals surface area contributed by atoms with Crippen LogP contribution in [0.1, 0.15) is 31.5 Å². The lowest BCUT2D eigenvalue weighted by molar-refractivity contribution is -0.140. The second-order valence-corrected chi connectivity index (χ2v) is 5.74. The third kappa shape index (κ3) is 6.05. The first kappa shape index (κ1) is 16.5. The minimum Gasteiger partial charge on any atom is -0.444 e.